The lowest BCUT2D eigenvalue weighted by Gasteiger charge is -2.18. The molecule has 29 heavy (non-hydrogen) atoms. The SMILES string of the molecule is N#Cc1cnc(NC(=O)Nc2ccc(CCNCC3CC=CCC3)c(Cl)c2)cn1. The molecule has 150 valence electrons. The van der Waals surface area contributed by atoms with Crippen molar-refractivity contribution >= 4 is 29.1 Å². The Morgan fingerprint density at radius 3 is 2.83 bits per heavy atom. The average Bonchev–Trinajstić information content (AvgIpc) is 2.74. The molecule has 1 atom stereocenters. The first-order valence-corrected chi connectivity index (χ1v) is 9.96. The van der Waals surface area contributed by atoms with Crippen molar-refractivity contribution in [3.8, 4) is 6.07 Å². The predicted molar refractivity (Wildman–Crippen MR) is 114 cm³/mol. The number of hydrogen-bond acceptors (Lipinski definition) is 5. The number of anilines is 2. The molecule has 1 aliphatic rings. The van der Waals surface area contributed by atoms with Gasteiger partial charge in [0, 0.05) is 10.7 Å². The number of nitrogens with zero attached hydrogens (tertiary/aromatic N) is 3. The molecule has 3 N–H and O–H groups in total. The summed E-state index contributed by atoms with van der Waals surface area (Å²) in [6.07, 6.45) is 11.6. The number of nitrogens with one attached hydrogen (secondary N) is 3. The van der Waals surface area contributed by atoms with Gasteiger partial charge in [-0.25, -0.2) is 14.8 Å². The van der Waals surface area contributed by atoms with Gasteiger partial charge >= 0.3 is 6.03 Å². The van der Waals surface area contributed by atoms with Crippen molar-refractivity contribution in [2.24, 2.45) is 5.92 Å². The largest absolute Gasteiger partial charge is 0.324 e. The van der Waals surface area contributed by atoms with Crippen LogP contribution in [0.4, 0.5) is 16.3 Å². The number of aromatic nitrogens is 2. The Morgan fingerprint density at radius 1 is 1.24 bits per heavy atom. The number of carbonyl (C=O) groups excluding carboxylic acids is 1. The van der Waals surface area contributed by atoms with Crippen molar-refractivity contribution < 1.29 is 4.79 Å². The summed E-state index contributed by atoms with van der Waals surface area (Å²) in [7, 11) is 0. The van der Waals surface area contributed by atoms with E-state index in [9.17, 15) is 4.79 Å². The smallest absolute Gasteiger partial charge is 0.316 e. The van der Waals surface area contributed by atoms with Gasteiger partial charge in [-0.15, -0.1) is 0 Å². The van der Waals surface area contributed by atoms with Crippen LogP contribution in [0, 0.1) is 17.2 Å². The molecule has 3 rings (SSSR count). The van der Waals surface area contributed by atoms with Crippen LogP contribution in [0.25, 0.3) is 0 Å². The monoisotopic (exact) mass is 410 g/mol. The van der Waals surface area contributed by atoms with Crippen molar-refractivity contribution in [2.45, 2.75) is 25.7 Å². The molecule has 2 amide bonds. The third-order valence-electron chi connectivity index (χ3n) is 4.70. The lowest BCUT2D eigenvalue weighted by Crippen LogP contribution is -2.25. The van der Waals surface area contributed by atoms with Gasteiger partial charge in [0.05, 0.1) is 12.4 Å². The van der Waals surface area contributed by atoms with Crippen LogP contribution in [0.15, 0.2) is 42.7 Å². The van der Waals surface area contributed by atoms with Gasteiger partial charge in [-0.05, 0) is 62.4 Å². The van der Waals surface area contributed by atoms with E-state index in [2.05, 4.69) is 38.1 Å². The Labute approximate surface area is 175 Å². The molecule has 1 aromatic heterocycles. The van der Waals surface area contributed by atoms with Gasteiger partial charge in [-0.3, -0.25) is 5.32 Å². The van der Waals surface area contributed by atoms with Crippen LogP contribution in [-0.4, -0.2) is 29.1 Å². The first-order chi connectivity index (χ1) is 14.1. The normalized spacial score (nSPS) is 15.5. The van der Waals surface area contributed by atoms with E-state index in [1.807, 2.05) is 18.2 Å². The maximum Gasteiger partial charge on any atom is 0.324 e. The van der Waals surface area contributed by atoms with E-state index < -0.39 is 6.03 Å². The first kappa shape index (κ1) is 20.8. The average molecular weight is 411 g/mol. The second-order valence-corrected chi connectivity index (χ2v) is 7.30. The fraction of sp³-hybridized carbons (Fsp3) is 0.333. The van der Waals surface area contributed by atoms with Gasteiger partial charge in [0.1, 0.15) is 6.07 Å². The molecule has 1 aromatic carbocycles. The van der Waals surface area contributed by atoms with E-state index in [0.717, 1.165) is 37.4 Å². The second-order valence-electron chi connectivity index (χ2n) is 6.89. The van der Waals surface area contributed by atoms with Crippen molar-refractivity contribution in [1.82, 2.24) is 15.3 Å². The van der Waals surface area contributed by atoms with E-state index in [1.165, 1.54) is 25.2 Å². The van der Waals surface area contributed by atoms with Crippen LogP contribution in [0.5, 0.6) is 0 Å². The molecule has 1 heterocycles. The van der Waals surface area contributed by atoms with Crippen LogP contribution in [0.3, 0.4) is 0 Å². The summed E-state index contributed by atoms with van der Waals surface area (Å²) in [4.78, 5) is 19.9. The van der Waals surface area contributed by atoms with Crippen molar-refractivity contribution in [1.29, 1.82) is 5.26 Å². The lowest BCUT2D eigenvalue weighted by atomic mass is 9.94. The number of rotatable bonds is 7. The zero-order valence-corrected chi connectivity index (χ0v) is 16.7. The summed E-state index contributed by atoms with van der Waals surface area (Å²) in [6.45, 7) is 1.89. The number of carbonyl (C=O) groups is 1. The third-order valence-corrected chi connectivity index (χ3v) is 5.05. The fourth-order valence-corrected chi connectivity index (χ4v) is 3.40. The molecule has 2 aromatic rings. The van der Waals surface area contributed by atoms with Crippen LogP contribution in [-0.2, 0) is 6.42 Å². The molecule has 0 aliphatic heterocycles. The zero-order valence-electron chi connectivity index (χ0n) is 16.0. The maximum absolute atomic E-state index is 12.1. The van der Waals surface area contributed by atoms with E-state index >= 15 is 0 Å². The number of urea groups is 1. The Balaban J connectivity index is 1.44. The molecule has 0 saturated heterocycles. The van der Waals surface area contributed by atoms with Gasteiger partial charge in [0.25, 0.3) is 0 Å². The summed E-state index contributed by atoms with van der Waals surface area (Å²) in [5.41, 5.74) is 1.80. The Bertz CT molecular complexity index is 906. The molecule has 0 radical (unpaired) electrons. The summed E-state index contributed by atoms with van der Waals surface area (Å²) < 4.78 is 0. The number of halogens is 1. The molecule has 0 bridgehead atoms. The van der Waals surface area contributed by atoms with Gasteiger partial charge in [0.15, 0.2) is 11.5 Å². The predicted octanol–water partition coefficient (Wildman–Crippen LogP) is 4.13. The van der Waals surface area contributed by atoms with Crippen LogP contribution in [0.1, 0.15) is 30.5 Å². The fourth-order valence-electron chi connectivity index (χ4n) is 3.13. The molecule has 0 spiro atoms. The summed E-state index contributed by atoms with van der Waals surface area (Å²) in [5.74, 6) is 0.977. The molecule has 0 saturated carbocycles. The standard InChI is InChI=1S/C21H23ClN6O/c22-19-10-17(27-21(29)28-20-14-25-18(11-23)13-26-20)7-6-16(19)8-9-24-12-15-4-2-1-3-5-15/h1-2,6-7,10,13-15,24H,3-5,8-9,12H2,(H2,26,27,28,29). The third kappa shape index (κ3) is 6.56. The summed E-state index contributed by atoms with van der Waals surface area (Å²) in [6, 6.07) is 6.87. The lowest BCUT2D eigenvalue weighted by molar-refractivity contribution is 0.262. The highest BCUT2D eigenvalue weighted by atomic mass is 35.5. The number of nitriles is 1. The summed E-state index contributed by atoms with van der Waals surface area (Å²) in [5, 5.41) is 18.1. The molecule has 0 fully saturated rings. The minimum absolute atomic E-state index is 0.184. The number of allylic oxidation sites excluding steroid dienone is 2. The van der Waals surface area contributed by atoms with Gasteiger partial charge in [-0.2, -0.15) is 5.26 Å². The van der Waals surface area contributed by atoms with Crippen LogP contribution in [0.2, 0.25) is 5.02 Å². The Hall–Kier alpha value is -2.95. The van der Waals surface area contributed by atoms with Gasteiger partial charge in [0.2, 0.25) is 0 Å². The van der Waals surface area contributed by atoms with Gasteiger partial charge < -0.3 is 10.6 Å². The van der Waals surface area contributed by atoms with E-state index in [-0.39, 0.29) is 11.5 Å². The highest BCUT2D eigenvalue weighted by Gasteiger charge is 2.10. The van der Waals surface area contributed by atoms with E-state index in [0.29, 0.717) is 10.7 Å². The molecular weight excluding hydrogens is 388 g/mol. The highest BCUT2D eigenvalue weighted by Crippen LogP contribution is 2.22. The Morgan fingerprint density at radius 2 is 2.14 bits per heavy atom. The quantitative estimate of drug-likeness (QED) is 0.470. The zero-order chi connectivity index (χ0) is 20.5. The number of hydrogen-bond donors (Lipinski definition) is 3. The van der Waals surface area contributed by atoms with Crippen molar-refractivity contribution in [2.75, 3.05) is 23.7 Å². The van der Waals surface area contributed by atoms with E-state index in [4.69, 9.17) is 16.9 Å². The van der Waals surface area contributed by atoms with Crippen LogP contribution < -0.4 is 16.0 Å². The molecule has 8 heteroatoms. The topological polar surface area (TPSA) is 103 Å². The molecule has 7 nitrogen and oxygen atoms in total. The van der Waals surface area contributed by atoms with Crippen LogP contribution >= 0.6 is 11.6 Å². The molecule has 1 unspecified atom stereocenters. The minimum Gasteiger partial charge on any atom is -0.316 e. The van der Waals surface area contributed by atoms with E-state index in [1.54, 1.807) is 6.07 Å². The maximum atomic E-state index is 12.1. The van der Waals surface area contributed by atoms with Crippen molar-refractivity contribution in [3.63, 3.8) is 0 Å². The molecular formula is C21H23ClN6O. The van der Waals surface area contributed by atoms with Crippen molar-refractivity contribution in [3.05, 3.63) is 59.0 Å². The second kappa shape index (κ2) is 10.6. The van der Waals surface area contributed by atoms with Gasteiger partial charge in [-0.1, -0.05) is 29.8 Å². The summed E-state index contributed by atoms with van der Waals surface area (Å²) >= 11 is 6.37. The minimum atomic E-state index is -0.462. The number of amides is 2. The first-order valence-electron chi connectivity index (χ1n) is 9.58. The highest BCUT2D eigenvalue weighted by molar-refractivity contribution is 6.31. The Kier molecular flexibility index (Phi) is 7.56. The molecule has 1 aliphatic carbocycles. The number of benzene rings is 1.